The predicted octanol–water partition coefficient (Wildman–Crippen LogP) is 1.95. The summed E-state index contributed by atoms with van der Waals surface area (Å²) in [6.45, 7) is 0. The van der Waals surface area contributed by atoms with Crippen LogP contribution in [0.3, 0.4) is 0 Å². The number of benzene rings is 1. The smallest absolute Gasteiger partial charge is 0.266 e. The molecule has 2 bridgehead atoms. The second-order valence-corrected chi connectivity index (χ2v) is 3.75. The second kappa shape index (κ2) is 1.87. The lowest BCUT2D eigenvalue weighted by Crippen LogP contribution is -2.16. The quantitative estimate of drug-likeness (QED) is 0.511. The standard InChI is InChI=1S/C9H5NOS/c11-9-8-5-6-3-1-2-4-7(6)10(9)12-8/h1-5H. The summed E-state index contributed by atoms with van der Waals surface area (Å²) in [5, 5.41) is 1.14. The normalized spacial score (nSPS) is 11.7. The number of para-hydroxylation sites is 1. The monoisotopic (exact) mass is 175 g/mol. The Balaban J connectivity index is 2.71. The number of hydrogen-bond donors (Lipinski definition) is 0. The Bertz CT molecular complexity index is 592. The lowest BCUT2D eigenvalue weighted by Gasteiger charge is -2.06. The first kappa shape index (κ1) is 6.20. The maximum absolute atomic E-state index is 11.2. The molecular weight excluding hydrogens is 170 g/mol. The van der Waals surface area contributed by atoms with E-state index < -0.39 is 0 Å². The minimum absolute atomic E-state index is 0.138. The molecule has 0 unspecified atom stereocenters. The van der Waals surface area contributed by atoms with E-state index in [0.29, 0.717) is 0 Å². The highest BCUT2D eigenvalue weighted by molar-refractivity contribution is 7.14. The molecule has 3 heteroatoms. The van der Waals surface area contributed by atoms with Crippen LogP contribution < -0.4 is 5.56 Å². The molecule has 0 aliphatic carbocycles. The van der Waals surface area contributed by atoms with Gasteiger partial charge in [0.1, 0.15) is 4.70 Å². The number of hydrogen-bond acceptors (Lipinski definition) is 2. The molecule has 3 aromatic heterocycles. The first-order valence-corrected chi connectivity index (χ1v) is 4.47. The summed E-state index contributed by atoms with van der Waals surface area (Å²) in [4.78, 5) is 11.2. The van der Waals surface area contributed by atoms with Crippen molar-refractivity contribution in [1.82, 2.24) is 3.79 Å². The third-order valence-corrected chi connectivity index (χ3v) is 3.06. The second-order valence-electron chi connectivity index (χ2n) is 2.76. The largest absolute Gasteiger partial charge is 0.283 e. The van der Waals surface area contributed by atoms with Crippen molar-refractivity contribution in [2.45, 2.75) is 0 Å². The third kappa shape index (κ3) is 0.576. The summed E-state index contributed by atoms with van der Waals surface area (Å²) in [6.07, 6.45) is 0. The van der Waals surface area contributed by atoms with Gasteiger partial charge in [-0.3, -0.25) is 4.79 Å². The Morgan fingerprint density at radius 3 is 2.92 bits per heavy atom. The summed E-state index contributed by atoms with van der Waals surface area (Å²) in [7, 11) is 0. The van der Waals surface area contributed by atoms with Crippen LogP contribution >= 0.6 is 11.5 Å². The first-order chi connectivity index (χ1) is 5.86. The molecule has 0 amide bonds. The SMILES string of the molecule is O=c1c2cc3ccccc3n1s2. The zero-order chi connectivity index (χ0) is 8.13. The van der Waals surface area contributed by atoms with Crippen LogP contribution in [0.2, 0.25) is 0 Å². The molecule has 0 fully saturated rings. The van der Waals surface area contributed by atoms with Gasteiger partial charge in [0, 0.05) is 5.39 Å². The van der Waals surface area contributed by atoms with Gasteiger partial charge >= 0.3 is 0 Å². The summed E-state index contributed by atoms with van der Waals surface area (Å²) >= 11 is 1.51. The van der Waals surface area contributed by atoms with Gasteiger partial charge in [-0.05, 0) is 23.7 Å². The van der Waals surface area contributed by atoms with Gasteiger partial charge in [0.15, 0.2) is 0 Å². The fraction of sp³-hybridized carbons (Fsp3) is 0. The highest BCUT2D eigenvalue weighted by Crippen LogP contribution is 2.20. The van der Waals surface area contributed by atoms with Gasteiger partial charge in [-0.25, -0.2) is 3.79 Å². The molecule has 0 saturated carbocycles. The molecule has 0 saturated heterocycles. The highest BCUT2D eigenvalue weighted by atomic mass is 32.1. The molecule has 2 nitrogen and oxygen atoms in total. The highest BCUT2D eigenvalue weighted by Gasteiger charge is 2.08. The molecule has 12 heavy (non-hydrogen) atoms. The van der Waals surface area contributed by atoms with E-state index in [-0.39, 0.29) is 5.56 Å². The zero-order valence-corrected chi connectivity index (χ0v) is 6.97. The van der Waals surface area contributed by atoms with Crippen LogP contribution in [0.1, 0.15) is 0 Å². The molecular formula is C9H5NOS. The lowest BCUT2D eigenvalue weighted by atomic mass is 10.2. The van der Waals surface area contributed by atoms with Crippen molar-refractivity contribution in [3.05, 3.63) is 40.7 Å². The van der Waals surface area contributed by atoms with Crippen LogP contribution in [0.25, 0.3) is 15.6 Å². The average molecular weight is 175 g/mol. The van der Waals surface area contributed by atoms with Crippen molar-refractivity contribution >= 4 is 27.1 Å². The van der Waals surface area contributed by atoms with E-state index in [9.17, 15) is 4.79 Å². The van der Waals surface area contributed by atoms with Gasteiger partial charge in [0.25, 0.3) is 5.56 Å². The first-order valence-electron chi connectivity index (χ1n) is 3.69. The summed E-state index contributed by atoms with van der Waals surface area (Å²) in [5.74, 6) is 0. The average Bonchev–Trinajstić information content (AvgIpc) is 2.16. The van der Waals surface area contributed by atoms with E-state index in [1.54, 1.807) is 3.79 Å². The van der Waals surface area contributed by atoms with E-state index in [2.05, 4.69) is 0 Å². The van der Waals surface area contributed by atoms with Crippen molar-refractivity contribution in [2.24, 2.45) is 0 Å². The molecule has 0 N–H and O–H groups in total. The predicted molar refractivity (Wildman–Crippen MR) is 50.2 cm³/mol. The summed E-state index contributed by atoms with van der Waals surface area (Å²) in [5.41, 5.74) is 1.15. The molecule has 0 atom stereocenters. The Morgan fingerprint density at radius 2 is 2.08 bits per heavy atom. The van der Waals surface area contributed by atoms with Gasteiger partial charge in [-0.2, -0.15) is 0 Å². The van der Waals surface area contributed by atoms with Crippen LogP contribution in [0.5, 0.6) is 0 Å². The molecule has 1 aromatic carbocycles. The molecule has 0 aliphatic heterocycles. The lowest BCUT2D eigenvalue weighted by molar-refractivity contribution is 1.25. The fourth-order valence-electron chi connectivity index (χ4n) is 1.42. The number of nitrogens with zero attached hydrogens (tertiary/aromatic N) is 1. The van der Waals surface area contributed by atoms with Gasteiger partial charge < -0.3 is 0 Å². The molecule has 4 rings (SSSR count). The van der Waals surface area contributed by atoms with Crippen LogP contribution in [-0.4, -0.2) is 3.79 Å². The van der Waals surface area contributed by atoms with Crippen LogP contribution in [0, 0.1) is 0 Å². The Labute approximate surface area is 72.2 Å². The van der Waals surface area contributed by atoms with Crippen LogP contribution in [-0.2, 0) is 0 Å². The Kier molecular flexibility index (Phi) is 0.966. The van der Waals surface area contributed by atoms with Crippen molar-refractivity contribution in [3.8, 4) is 0 Å². The summed E-state index contributed by atoms with van der Waals surface area (Å²) in [6, 6.07) is 9.87. The minimum Gasteiger partial charge on any atom is -0.266 e. The fourth-order valence-corrected chi connectivity index (χ4v) is 2.28. The van der Waals surface area contributed by atoms with E-state index in [0.717, 1.165) is 15.6 Å². The Morgan fingerprint density at radius 1 is 1.25 bits per heavy atom. The van der Waals surface area contributed by atoms with E-state index in [1.165, 1.54) is 11.5 Å². The molecule has 0 aliphatic rings. The topological polar surface area (TPSA) is 21.5 Å². The minimum atomic E-state index is 0.138. The number of rotatable bonds is 0. The number of aromatic nitrogens is 1. The van der Waals surface area contributed by atoms with Gasteiger partial charge in [-0.15, -0.1) is 0 Å². The van der Waals surface area contributed by atoms with E-state index in [4.69, 9.17) is 0 Å². The van der Waals surface area contributed by atoms with Gasteiger partial charge in [0.05, 0.1) is 5.52 Å². The maximum atomic E-state index is 11.2. The Hall–Kier alpha value is -1.35. The molecule has 3 heterocycles. The molecule has 4 aromatic rings. The van der Waals surface area contributed by atoms with Gasteiger partial charge in [-0.1, -0.05) is 18.2 Å². The molecule has 0 spiro atoms. The summed E-state index contributed by atoms with van der Waals surface area (Å²) < 4.78 is 2.58. The van der Waals surface area contributed by atoms with Crippen molar-refractivity contribution in [3.63, 3.8) is 0 Å². The number of pyridine rings is 1. The van der Waals surface area contributed by atoms with E-state index in [1.807, 2.05) is 30.3 Å². The van der Waals surface area contributed by atoms with E-state index >= 15 is 0 Å². The third-order valence-electron chi connectivity index (χ3n) is 2.03. The van der Waals surface area contributed by atoms with Crippen LogP contribution in [0.4, 0.5) is 0 Å². The van der Waals surface area contributed by atoms with Crippen LogP contribution in [0.15, 0.2) is 35.1 Å². The zero-order valence-electron chi connectivity index (χ0n) is 6.15. The van der Waals surface area contributed by atoms with Crippen molar-refractivity contribution < 1.29 is 0 Å². The molecule has 58 valence electrons. The maximum Gasteiger partial charge on any atom is 0.283 e. The van der Waals surface area contributed by atoms with Crippen molar-refractivity contribution in [1.29, 1.82) is 0 Å². The van der Waals surface area contributed by atoms with Crippen molar-refractivity contribution in [2.75, 3.05) is 0 Å². The molecule has 0 radical (unpaired) electrons. The van der Waals surface area contributed by atoms with Gasteiger partial charge in [0.2, 0.25) is 0 Å².